The minimum atomic E-state index is 0.0808. The zero-order valence-corrected chi connectivity index (χ0v) is 13.7. The van der Waals surface area contributed by atoms with E-state index in [0.717, 1.165) is 45.0 Å². The molecule has 3 heterocycles. The molecule has 0 aromatic carbocycles. The summed E-state index contributed by atoms with van der Waals surface area (Å²) in [7, 11) is 0. The second kappa shape index (κ2) is 6.97. The quantitative estimate of drug-likeness (QED) is 0.595. The van der Waals surface area contributed by atoms with Gasteiger partial charge in [-0.3, -0.25) is 14.5 Å². The van der Waals surface area contributed by atoms with Gasteiger partial charge in [0.1, 0.15) is 12.7 Å². The van der Waals surface area contributed by atoms with E-state index in [1.807, 2.05) is 0 Å². The van der Waals surface area contributed by atoms with Crippen molar-refractivity contribution in [3.8, 4) is 0 Å². The fraction of sp³-hybridized carbons (Fsp3) is 0.733. The van der Waals surface area contributed by atoms with Gasteiger partial charge in [-0.05, 0) is 19.8 Å². The van der Waals surface area contributed by atoms with E-state index in [0.29, 0.717) is 19.5 Å². The smallest absolute Gasteiger partial charge is 0.220 e. The predicted octanol–water partition coefficient (Wildman–Crippen LogP) is -0.154. The van der Waals surface area contributed by atoms with Crippen LogP contribution < -0.4 is 10.6 Å². The van der Waals surface area contributed by atoms with Crippen molar-refractivity contribution in [2.45, 2.75) is 32.7 Å². The summed E-state index contributed by atoms with van der Waals surface area (Å²) in [4.78, 5) is 22.6. The summed E-state index contributed by atoms with van der Waals surface area (Å²) in [5.74, 6) is 1.12. The molecule has 8 heteroatoms. The van der Waals surface area contributed by atoms with Crippen molar-refractivity contribution in [2.24, 2.45) is 10.4 Å². The lowest BCUT2D eigenvalue weighted by Gasteiger charge is -2.40. The zero-order chi connectivity index (χ0) is 16.1. The Labute approximate surface area is 136 Å². The minimum Gasteiger partial charge on any atom is -0.357 e. The van der Waals surface area contributed by atoms with Crippen LogP contribution in [0.4, 0.5) is 0 Å². The lowest BCUT2D eigenvalue weighted by atomic mass is 9.79. The first-order valence-electron chi connectivity index (χ1n) is 8.33. The molecule has 8 nitrogen and oxygen atoms in total. The number of piperidine rings is 1. The fourth-order valence-electron chi connectivity index (χ4n) is 3.46. The molecular formula is C15H25N7O. The lowest BCUT2D eigenvalue weighted by molar-refractivity contribution is -0.119. The van der Waals surface area contributed by atoms with Crippen molar-refractivity contribution in [3.05, 3.63) is 12.7 Å². The van der Waals surface area contributed by atoms with Crippen molar-refractivity contribution in [1.29, 1.82) is 0 Å². The van der Waals surface area contributed by atoms with E-state index in [1.165, 1.54) is 6.33 Å². The molecule has 0 saturated carbocycles. The third-order valence-corrected chi connectivity index (χ3v) is 4.55. The van der Waals surface area contributed by atoms with E-state index < -0.39 is 0 Å². The van der Waals surface area contributed by atoms with E-state index in [-0.39, 0.29) is 11.3 Å². The van der Waals surface area contributed by atoms with Gasteiger partial charge >= 0.3 is 0 Å². The molecule has 1 amide bonds. The molecule has 1 atom stereocenters. The van der Waals surface area contributed by atoms with Crippen LogP contribution in [0.5, 0.6) is 0 Å². The van der Waals surface area contributed by atoms with Gasteiger partial charge in [0.2, 0.25) is 5.91 Å². The first-order valence-corrected chi connectivity index (χ1v) is 8.33. The highest BCUT2D eigenvalue weighted by Gasteiger charge is 2.42. The molecule has 0 radical (unpaired) electrons. The average molecular weight is 319 g/mol. The second-order valence-corrected chi connectivity index (χ2v) is 6.37. The Morgan fingerprint density at radius 1 is 1.57 bits per heavy atom. The number of likely N-dealkylation sites (tertiary alicyclic amines) is 1. The lowest BCUT2D eigenvalue weighted by Crippen LogP contribution is -2.51. The van der Waals surface area contributed by atoms with Crippen LogP contribution in [-0.2, 0) is 11.3 Å². The SMILES string of the molecule is CCNC(=NCCn1cncn1)N1CCCC2(CNC(=O)C2)C1. The van der Waals surface area contributed by atoms with Gasteiger partial charge in [-0.25, -0.2) is 4.98 Å². The number of hydrogen-bond acceptors (Lipinski definition) is 4. The third kappa shape index (κ3) is 3.80. The summed E-state index contributed by atoms with van der Waals surface area (Å²) >= 11 is 0. The van der Waals surface area contributed by atoms with Crippen LogP contribution >= 0.6 is 0 Å². The van der Waals surface area contributed by atoms with Gasteiger partial charge in [0.05, 0.1) is 13.1 Å². The Bertz CT molecular complexity index is 556. The third-order valence-electron chi connectivity index (χ3n) is 4.55. The van der Waals surface area contributed by atoms with E-state index in [9.17, 15) is 4.79 Å². The number of hydrogen-bond donors (Lipinski definition) is 2. The number of nitrogens with one attached hydrogen (secondary N) is 2. The van der Waals surface area contributed by atoms with Crippen LogP contribution in [0.3, 0.4) is 0 Å². The number of aliphatic imine (C=N–C) groups is 1. The highest BCUT2D eigenvalue weighted by Crippen LogP contribution is 2.35. The van der Waals surface area contributed by atoms with E-state index >= 15 is 0 Å². The average Bonchev–Trinajstić information content (AvgIpc) is 3.17. The highest BCUT2D eigenvalue weighted by molar-refractivity contribution is 5.81. The molecule has 1 aromatic rings. The first-order chi connectivity index (χ1) is 11.2. The largest absolute Gasteiger partial charge is 0.357 e. The maximum absolute atomic E-state index is 11.6. The molecule has 1 aromatic heterocycles. The highest BCUT2D eigenvalue weighted by atomic mass is 16.1. The fourth-order valence-corrected chi connectivity index (χ4v) is 3.46. The Hall–Kier alpha value is -2.12. The van der Waals surface area contributed by atoms with Gasteiger partial charge in [-0.15, -0.1) is 0 Å². The molecular weight excluding hydrogens is 294 g/mol. The van der Waals surface area contributed by atoms with Crippen LogP contribution in [0.15, 0.2) is 17.6 Å². The van der Waals surface area contributed by atoms with Crippen molar-refractivity contribution >= 4 is 11.9 Å². The molecule has 2 saturated heterocycles. The number of carbonyl (C=O) groups is 1. The summed E-state index contributed by atoms with van der Waals surface area (Å²) in [6, 6.07) is 0. The first kappa shape index (κ1) is 15.8. The van der Waals surface area contributed by atoms with Crippen molar-refractivity contribution < 1.29 is 4.79 Å². The topological polar surface area (TPSA) is 87.4 Å². The van der Waals surface area contributed by atoms with Gasteiger partial charge < -0.3 is 15.5 Å². The standard InChI is InChI=1S/C15H25N7O/c1-2-17-14(18-5-7-22-12-16-11-20-22)21-6-3-4-15(10-21)8-13(23)19-9-15/h11-12H,2-10H2,1H3,(H,17,18)(H,19,23). The van der Waals surface area contributed by atoms with Gasteiger partial charge in [0.25, 0.3) is 0 Å². The number of rotatable bonds is 4. The van der Waals surface area contributed by atoms with Gasteiger partial charge in [-0.2, -0.15) is 5.10 Å². The van der Waals surface area contributed by atoms with Crippen molar-refractivity contribution in [1.82, 2.24) is 30.3 Å². The normalized spacial score (nSPS) is 25.0. The Kier molecular flexibility index (Phi) is 4.78. The molecule has 2 fully saturated rings. The van der Waals surface area contributed by atoms with E-state index in [4.69, 9.17) is 4.99 Å². The second-order valence-electron chi connectivity index (χ2n) is 6.37. The number of carbonyl (C=O) groups excluding carboxylic acids is 1. The summed E-state index contributed by atoms with van der Waals surface area (Å²) in [5.41, 5.74) is 0.0808. The van der Waals surface area contributed by atoms with Crippen LogP contribution in [0.1, 0.15) is 26.2 Å². The number of nitrogens with zero attached hydrogens (tertiary/aromatic N) is 5. The molecule has 2 aliphatic rings. The molecule has 0 bridgehead atoms. The summed E-state index contributed by atoms with van der Waals surface area (Å²) in [6.45, 7) is 6.96. The molecule has 1 spiro atoms. The Morgan fingerprint density at radius 3 is 3.17 bits per heavy atom. The van der Waals surface area contributed by atoms with E-state index in [1.54, 1.807) is 11.0 Å². The minimum absolute atomic E-state index is 0.0808. The molecule has 2 aliphatic heterocycles. The summed E-state index contributed by atoms with van der Waals surface area (Å²) in [5, 5.41) is 10.5. The molecule has 3 rings (SSSR count). The predicted molar refractivity (Wildman–Crippen MR) is 86.9 cm³/mol. The summed E-state index contributed by atoms with van der Waals surface area (Å²) < 4.78 is 1.78. The molecule has 1 unspecified atom stereocenters. The Balaban J connectivity index is 1.63. The van der Waals surface area contributed by atoms with Crippen molar-refractivity contribution in [3.63, 3.8) is 0 Å². The maximum Gasteiger partial charge on any atom is 0.220 e. The maximum atomic E-state index is 11.6. The number of guanidine groups is 1. The van der Waals surface area contributed by atoms with Crippen LogP contribution in [0, 0.1) is 5.41 Å². The molecule has 23 heavy (non-hydrogen) atoms. The monoisotopic (exact) mass is 319 g/mol. The molecule has 0 aliphatic carbocycles. The summed E-state index contributed by atoms with van der Waals surface area (Å²) in [6.07, 6.45) is 6.09. The molecule has 126 valence electrons. The van der Waals surface area contributed by atoms with E-state index in [2.05, 4.69) is 32.5 Å². The van der Waals surface area contributed by atoms with Crippen molar-refractivity contribution in [2.75, 3.05) is 32.7 Å². The van der Waals surface area contributed by atoms with Gasteiger partial charge in [0.15, 0.2) is 5.96 Å². The van der Waals surface area contributed by atoms with Gasteiger partial charge in [-0.1, -0.05) is 0 Å². The number of amides is 1. The Morgan fingerprint density at radius 2 is 2.48 bits per heavy atom. The molecule has 2 N–H and O–H groups in total. The van der Waals surface area contributed by atoms with Crippen LogP contribution in [0.2, 0.25) is 0 Å². The van der Waals surface area contributed by atoms with Gasteiger partial charge in [0, 0.05) is 38.0 Å². The van der Waals surface area contributed by atoms with Crippen LogP contribution in [0.25, 0.3) is 0 Å². The van der Waals surface area contributed by atoms with Crippen LogP contribution in [-0.4, -0.2) is 64.3 Å². The zero-order valence-electron chi connectivity index (χ0n) is 13.7. The number of aromatic nitrogens is 3.